The van der Waals surface area contributed by atoms with Gasteiger partial charge in [0.15, 0.2) is 6.61 Å². The highest BCUT2D eigenvalue weighted by molar-refractivity contribution is 7.89. The van der Waals surface area contributed by atoms with Crippen LogP contribution in [0.5, 0.6) is 0 Å². The lowest BCUT2D eigenvalue weighted by Gasteiger charge is -2.23. The Balaban J connectivity index is 1.70. The van der Waals surface area contributed by atoms with E-state index in [4.69, 9.17) is 4.74 Å². The number of rotatable bonds is 10. The number of hydrogen-bond donors (Lipinski definition) is 1. The summed E-state index contributed by atoms with van der Waals surface area (Å²) in [6.07, 6.45) is 0. The molecule has 0 unspecified atom stereocenters. The Bertz CT molecular complexity index is 1140. The van der Waals surface area contributed by atoms with Gasteiger partial charge in [-0.05, 0) is 29.3 Å². The van der Waals surface area contributed by atoms with Gasteiger partial charge in [0.25, 0.3) is 5.91 Å². The third-order valence-corrected chi connectivity index (χ3v) is 6.37. The van der Waals surface area contributed by atoms with Crippen molar-refractivity contribution in [1.29, 1.82) is 0 Å². The molecule has 33 heavy (non-hydrogen) atoms. The number of carbonyl (C=O) groups is 2. The van der Waals surface area contributed by atoms with Crippen LogP contribution in [0.15, 0.2) is 89.8 Å². The predicted molar refractivity (Wildman–Crippen MR) is 125 cm³/mol. The predicted octanol–water partition coefficient (Wildman–Crippen LogP) is 3.37. The Hall–Kier alpha value is -3.49. The third-order valence-electron chi connectivity index (χ3n) is 4.83. The fourth-order valence-corrected chi connectivity index (χ4v) is 4.29. The van der Waals surface area contributed by atoms with Gasteiger partial charge in [0.05, 0.1) is 10.5 Å². The Morgan fingerprint density at radius 2 is 1.42 bits per heavy atom. The summed E-state index contributed by atoms with van der Waals surface area (Å²) in [6, 6.07) is 24.6. The van der Waals surface area contributed by atoms with Crippen LogP contribution in [0, 0.1) is 0 Å². The maximum atomic E-state index is 12.9. The van der Waals surface area contributed by atoms with Crippen LogP contribution in [-0.4, -0.2) is 38.3 Å². The average molecular weight is 467 g/mol. The molecule has 0 aliphatic carbocycles. The standard InChI is InChI=1S/C25H26N2O5S/c1-2-26-33(30,31)23-15-9-14-22(16-23)25(29)32-19-24(28)27(17-20-10-5-3-6-11-20)18-21-12-7-4-8-13-21/h3-16,26H,2,17-19H2,1H3. The van der Waals surface area contributed by atoms with Crippen molar-refractivity contribution in [3.63, 3.8) is 0 Å². The van der Waals surface area contributed by atoms with E-state index in [1.807, 2.05) is 60.7 Å². The van der Waals surface area contributed by atoms with Gasteiger partial charge in [-0.3, -0.25) is 4.79 Å². The molecule has 3 aromatic carbocycles. The van der Waals surface area contributed by atoms with Gasteiger partial charge in [-0.15, -0.1) is 0 Å². The summed E-state index contributed by atoms with van der Waals surface area (Å²) < 4.78 is 32.0. The van der Waals surface area contributed by atoms with E-state index >= 15 is 0 Å². The van der Waals surface area contributed by atoms with E-state index in [0.717, 1.165) is 11.1 Å². The van der Waals surface area contributed by atoms with Crippen molar-refractivity contribution in [2.45, 2.75) is 24.9 Å². The second-order valence-electron chi connectivity index (χ2n) is 7.33. The normalized spacial score (nSPS) is 11.1. The molecule has 3 aromatic rings. The molecule has 0 saturated carbocycles. The number of carbonyl (C=O) groups excluding carboxylic acids is 2. The summed E-state index contributed by atoms with van der Waals surface area (Å²) >= 11 is 0. The molecule has 0 saturated heterocycles. The van der Waals surface area contributed by atoms with Crippen LogP contribution in [0.2, 0.25) is 0 Å². The number of nitrogens with zero attached hydrogens (tertiary/aromatic N) is 1. The minimum absolute atomic E-state index is 0.0418. The molecule has 0 atom stereocenters. The van der Waals surface area contributed by atoms with Crippen molar-refractivity contribution in [2.24, 2.45) is 0 Å². The quantitative estimate of drug-likeness (QED) is 0.463. The molecule has 0 aliphatic heterocycles. The van der Waals surface area contributed by atoms with Crippen LogP contribution in [0.4, 0.5) is 0 Å². The minimum atomic E-state index is -3.71. The largest absolute Gasteiger partial charge is 0.452 e. The first-order chi connectivity index (χ1) is 15.9. The van der Waals surface area contributed by atoms with Gasteiger partial charge in [-0.25, -0.2) is 17.9 Å². The average Bonchev–Trinajstić information content (AvgIpc) is 2.83. The molecule has 0 aliphatic rings. The molecule has 0 spiro atoms. The first-order valence-corrected chi connectivity index (χ1v) is 12.0. The number of hydrogen-bond acceptors (Lipinski definition) is 5. The van der Waals surface area contributed by atoms with Gasteiger partial charge in [-0.1, -0.05) is 73.7 Å². The summed E-state index contributed by atoms with van der Waals surface area (Å²) in [5.74, 6) is -1.12. The van der Waals surface area contributed by atoms with Crippen LogP contribution < -0.4 is 4.72 Å². The summed E-state index contributed by atoms with van der Waals surface area (Å²) in [7, 11) is -3.71. The van der Waals surface area contributed by atoms with E-state index in [1.54, 1.807) is 11.8 Å². The van der Waals surface area contributed by atoms with Crippen molar-refractivity contribution in [3.8, 4) is 0 Å². The van der Waals surface area contributed by atoms with E-state index in [0.29, 0.717) is 13.1 Å². The molecule has 7 nitrogen and oxygen atoms in total. The zero-order chi connectivity index (χ0) is 23.7. The number of esters is 1. The van der Waals surface area contributed by atoms with Crippen molar-refractivity contribution < 1.29 is 22.7 Å². The minimum Gasteiger partial charge on any atom is -0.452 e. The second-order valence-corrected chi connectivity index (χ2v) is 9.09. The molecule has 0 aromatic heterocycles. The topological polar surface area (TPSA) is 92.8 Å². The van der Waals surface area contributed by atoms with Crippen LogP contribution in [0.3, 0.4) is 0 Å². The molecule has 3 rings (SSSR count). The maximum Gasteiger partial charge on any atom is 0.338 e. The van der Waals surface area contributed by atoms with Crippen LogP contribution in [0.1, 0.15) is 28.4 Å². The van der Waals surface area contributed by atoms with Gasteiger partial charge in [0, 0.05) is 19.6 Å². The lowest BCUT2D eigenvalue weighted by atomic mass is 10.1. The molecule has 8 heteroatoms. The fourth-order valence-electron chi connectivity index (χ4n) is 3.21. The van der Waals surface area contributed by atoms with Gasteiger partial charge in [0.1, 0.15) is 0 Å². The molecule has 1 N–H and O–H groups in total. The van der Waals surface area contributed by atoms with Crippen LogP contribution >= 0.6 is 0 Å². The zero-order valence-electron chi connectivity index (χ0n) is 18.3. The highest BCUT2D eigenvalue weighted by Crippen LogP contribution is 2.14. The Labute approximate surface area is 194 Å². The molecule has 172 valence electrons. The smallest absolute Gasteiger partial charge is 0.338 e. The molecular weight excluding hydrogens is 440 g/mol. The van der Waals surface area contributed by atoms with Crippen molar-refractivity contribution >= 4 is 21.9 Å². The SMILES string of the molecule is CCNS(=O)(=O)c1cccc(C(=O)OCC(=O)N(Cc2ccccc2)Cc2ccccc2)c1. The number of amides is 1. The molecule has 0 fully saturated rings. The monoisotopic (exact) mass is 466 g/mol. The van der Waals surface area contributed by atoms with E-state index in [-0.39, 0.29) is 22.9 Å². The molecule has 0 heterocycles. The number of nitrogens with one attached hydrogen (secondary N) is 1. The van der Waals surface area contributed by atoms with Gasteiger partial charge < -0.3 is 9.64 Å². The van der Waals surface area contributed by atoms with Gasteiger partial charge in [0.2, 0.25) is 10.0 Å². The molecule has 0 bridgehead atoms. The number of sulfonamides is 1. The van der Waals surface area contributed by atoms with E-state index in [9.17, 15) is 18.0 Å². The number of ether oxygens (including phenoxy) is 1. The van der Waals surface area contributed by atoms with E-state index in [1.165, 1.54) is 24.3 Å². The zero-order valence-corrected chi connectivity index (χ0v) is 19.1. The van der Waals surface area contributed by atoms with Crippen molar-refractivity contribution in [3.05, 3.63) is 102 Å². The second kappa shape index (κ2) is 11.4. The van der Waals surface area contributed by atoms with Crippen molar-refractivity contribution in [2.75, 3.05) is 13.2 Å². The van der Waals surface area contributed by atoms with Crippen LogP contribution in [0.25, 0.3) is 0 Å². The van der Waals surface area contributed by atoms with Gasteiger partial charge >= 0.3 is 5.97 Å². The first kappa shape index (κ1) is 24.2. The third kappa shape index (κ3) is 7.00. The lowest BCUT2D eigenvalue weighted by molar-refractivity contribution is -0.135. The highest BCUT2D eigenvalue weighted by Gasteiger charge is 2.19. The van der Waals surface area contributed by atoms with Crippen molar-refractivity contribution in [1.82, 2.24) is 9.62 Å². The Morgan fingerprint density at radius 3 is 1.97 bits per heavy atom. The highest BCUT2D eigenvalue weighted by atomic mass is 32.2. The summed E-state index contributed by atoms with van der Waals surface area (Å²) in [5.41, 5.74) is 1.96. The summed E-state index contributed by atoms with van der Waals surface area (Å²) in [4.78, 5) is 27.0. The molecule has 1 amide bonds. The summed E-state index contributed by atoms with van der Waals surface area (Å²) in [6.45, 7) is 2.16. The van der Waals surface area contributed by atoms with Gasteiger partial charge in [-0.2, -0.15) is 0 Å². The Kier molecular flexibility index (Phi) is 8.34. The number of benzene rings is 3. The Morgan fingerprint density at radius 1 is 0.848 bits per heavy atom. The fraction of sp³-hybridized carbons (Fsp3) is 0.200. The van der Waals surface area contributed by atoms with Crippen LogP contribution in [-0.2, 0) is 32.6 Å². The lowest BCUT2D eigenvalue weighted by Crippen LogP contribution is -2.34. The summed E-state index contributed by atoms with van der Waals surface area (Å²) in [5, 5.41) is 0. The molecule has 0 radical (unpaired) electrons. The van der Waals surface area contributed by atoms with E-state index in [2.05, 4.69) is 4.72 Å². The molecular formula is C25H26N2O5S. The van der Waals surface area contributed by atoms with E-state index < -0.39 is 22.6 Å². The first-order valence-electron chi connectivity index (χ1n) is 10.5. The maximum absolute atomic E-state index is 12.9.